The fraction of sp³-hybridized carbons (Fsp3) is 0.294. The second kappa shape index (κ2) is 4.67. The molecule has 0 aliphatic carbocycles. The molecule has 0 bridgehead atoms. The molecule has 0 amide bonds. The van der Waals surface area contributed by atoms with Gasteiger partial charge in [0.2, 0.25) is 5.69 Å². The molecule has 20 heavy (non-hydrogen) atoms. The minimum atomic E-state index is 0.106. The van der Waals surface area contributed by atoms with E-state index in [1.165, 1.54) is 16.0 Å². The van der Waals surface area contributed by atoms with Crippen LogP contribution < -0.4 is 4.57 Å². The predicted octanol–water partition coefficient (Wildman–Crippen LogP) is 4.09. The minimum absolute atomic E-state index is 0.106. The molecule has 2 nitrogen and oxygen atoms in total. The van der Waals surface area contributed by atoms with Crippen LogP contribution in [-0.4, -0.2) is 4.98 Å². The quantitative estimate of drug-likeness (QED) is 0.615. The Balaban J connectivity index is 2.27. The molecule has 0 saturated carbocycles. The molecule has 3 aromatic rings. The molecule has 0 atom stereocenters. The number of aryl methyl sites for hydroxylation is 1. The summed E-state index contributed by atoms with van der Waals surface area (Å²) in [5, 5.41) is 1.09. The molecule has 102 valence electrons. The van der Waals surface area contributed by atoms with Crippen molar-refractivity contribution in [1.29, 1.82) is 0 Å². The van der Waals surface area contributed by atoms with Crippen molar-refractivity contribution < 1.29 is 4.57 Å². The third-order valence-corrected chi connectivity index (χ3v) is 4.54. The van der Waals surface area contributed by atoms with Crippen molar-refractivity contribution in [3.63, 3.8) is 0 Å². The normalized spacial score (nSPS) is 12.0. The molecule has 3 heteroatoms. The van der Waals surface area contributed by atoms with Gasteiger partial charge in [0.1, 0.15) is 16.8 Å². The van der Waals surface area contributed by atoms with Crippen molar-refractivity contribution >= 4 is 21.6 Å². The van der Waals surface area contributed by atoms with E-state index in [9.17, 15) is 0 Å². The Morgan fingerprint density at radius 1 is 1.05 bits per heavy atom. The van der Waals surface area contributed by atoms with Crippen LogP contribution in [0.3, 0.4) is 0 Å². The van der Waals surface area contributed by atoms with Gasteiger partial charge in [-0.2, -0.15) is 0 Å². The van der Waals surface area contributed by atoms with Gasteiger partial charge in [0.25, 0.3) is 0 Å². The van der Waals surface area contributed by atoms with Gasteiger partial charge in [0.15, 0.2) is 6.20 Å². The van der Waals surface area contributed by atoms with Gasteiger partial charge in [0, 0.05) is 17.0 Å². The van der Waals surface area contributed by atoms with Crippen LogP contribution in [0.4, 0.5) is 0 Å². The van der Waals surface area contributed by atoms with E-state index in [1.807, 2.05) is 6.07 Å². The molecule has 3 rings (SSSR count). The zero-order valence-electron chi connectivity index (χ0n) is 12.3. The molecule has 0 spiro atoms. The zero-order chi connectivity index (χ0) is 14.3. The standard InChI is InChI=1S/C17H19N2S/c1-17(2,3)15-14-13(10-11-19(15)4)18-16(20-14)12-8-6-5-7-9-12/h5-11H,1-4H3/q+1. The highest BCUT2D eigenvalue weighted by atomic mass is 32.1. The van der Waals surface area contributed by atoms with Crippen LogP contribution in [0.2, 0.25) is 0 Å². The fourth-order valence-electron chi connectivity index (χ4n) is 2.61. The second-order valence-electron chi connectivity index (χ2n) is 6.12. The number of pyridine rings is 1. The van der Waals surface area contributed by atoms with E-state index >= 15 is 0 Å². The van der Waals surface area contributed by atoms with Gasteiger partial charge in [-0.15, -0.1) is 11.3 Å². The smallest absolute Gasteiger partial charge is 0.206 e. The molecule has 2 aromatic heterocycles. The Bertz CT molecular complexity index is 752. The minimum Gasteiger partial charge on any atom is -0.236 e. The van der Waals surface area contributed by atoms with Crippen molar-refractivity contribution in [2.24, 2.45) is 7.05 Å². The van der Waals surface area contributed by atoms with Crippen molar-refractivity contribution in [3.05, 3.63) is 48.3 Å². The SMILES string of the molecule is C[n+]1ccc2nc(-c3ccccc3)sc2c1C(C)(C)C. The molecule has 0 N–H and O–H groups in total. The summed E-state index contributed by atoms with van der Waals surface area (Å²) in [6.45, 7) is 6.76. The van der Waals surface area contributed by atoms with Crippen LogP contribution in [0, 0.1) is 0 Å². The highest BCUT2D eigenvalue weighted by Gasteiger charge is 2.28. The third-order valence-electron chi connectivity index (χ3n) is 3.41. The van der Waals surface area contributed by atoms with E-state index in [1.54, 1.807) is 11.3 Å². The van der Waals surface area contributed by atoms with Gasteiger partial charge in [-0.1, -0.05) is 51.1 Å². The number of rotatable bonds is 1. The van der Waals surface area contributed by atoms with Crippen LogP contribution >= 0.6 is 11.3 Å². The van der Waals surface area contributed by atoms with Crippen molar-refractivity contribution in [2.45, 2.75) is 26.2 Å². The average molecular weight is 283 g/mol. The van der Waals surface area contributed by atoms with Crippen LogP contribution in [0.15, 0.2) is 42.6 Å². The number of fused-ring (bicyclic) bond motifs is 1. The molecule has 1 aromatic carbocycles. The van der Waals surface area contributed by atoms with E-state index in [0.29, 0.717) is 0 Å². The number of thiazole rings is 1. The number of aromatic nitrogens is 2. The molecule has 0 unspecified atom stereocenters. The van der Waals surface area contributed by atoms with Gasteiger partial charge in [0.05, 0.1) is 5.52 Å². The Morgan fingerprint density at radius 2 is 1.75 bits per heavy atom. The summed E-state index contributed by atoms with van der Waals surface area (Å²) in [6, 6.07) is 12.5. The van der Waals surface area contributed by atoms with Crippen LogP contribution in [-0.2, 0) is 12.5 Å². The molecule has 2 heterocycles. The number of hydrogen-bond donors (Lipinski definition) is 0. The van der Waals surface area contributed by atoms with Gasteiger partial charge in [-0.3, -0.25) is 0 Å². The summed E-state index contributed by atoms with van der Waals surface area (Å²) in [4.78, 5) is 4.80. The lowest BCUT2D eigenvalue weighted by atomic mass is 9.91. The zero-order valence-corrected chi connectivity index (χ0v) is 13.2. The first-order valence-corrected chi connectivity index (χ1v) is 7.63. The molecule has 0 saturated heterocycles. The average Bonchev–Trinajstić information content (AvgIpc) is 2.81. The maximum Gasteiger partial charge on any atom is 0.206 e. The van der Waals surface area contributed by atoms with E-state index in [4.69, 9.17) is 4.98 Å². The van der Waals surface area contributed by atoms with Gasteiger partial charge < -0.3 is 0 Å². The van der Waals surface area contributed by atoms with E-state index in [-0.39, 0.29) is 5.41 Å². The largest absolute Gasteiger partial charge is 0.236 e. The maximum atomic E-state index is 4.80. The maximum absolute atomic E-state index is 4.80. The van der Waals surface area contributed by atoms with E-state index < -0.39 is 0 Å². The summed E-state index contributed by atoms with van der Waals surface area (Å²) < 4.78 is 3.51. The lowest BCUT2D eigenvalue weighted by molar-refractivity contribution is -0.680. The molecular formula is C17H19N2S+. The molecule has 0 aliphatic rings. The summed E-state index contributed by atoms with van der Waals surface area (Å²) in [6.07, 6.45) is 2.11. The highest BCUT2D eigenvalue weighted by Crippen LogP contribution is 2.35. The highest BCUT2D eigenvalue weighted by molar-refractivity contribution is 7.21. The lowest BCUT2D eigenvalue weighted by Gasteiger charge is -2.15. The first-order valence-electron chi connectivity index (χ1n) is 6.82. The third kappa shape index (κ3) is 2.22. The van der Waals surface area contributed by atoms with Gasteiger partial charge in [-0.05, 0) is 0 Å². The Labute approximate surface area is 123 Å². The van der Waals surface area contributed by atoms with Crippen molar-refractivity contribution in [2.75, 3.05) is 0 Å². The van der Waals surface area contributed by atoms with Crippen LogP contribution in [0.25, 0.3) is 20.8 Å². The lowest BCUT2D eigenvalue weighted by Crippen LogP contribution is -2.39. The fourth-order valence-corrected chi connectivity index (χ4v) is 3.96. The molecule has 0 aliphatic heterocycles. The van der Waals surface area contributed by atoms with Gasteiger partial charge in [-0.25, -0.2) is 9.55 Å². The van der Waals surface area contributed by atoms with Crippen LogP contribution in [0.1, 0.15) is 26.5 Å². The van der Waals surface area contributed by atoms with Crippen molar-refractivity contribution in [1.82, 2.24) is 4.98 Å². The Hall–Kier alpha value is -1.74. The molecule has 0 radical (unpaired) electrons. The monoisotopic (exact) mass is 283 g/mol. The van der Waals surface area contributed by atoms with Gasteiger partial charge >= 0.3 is 0 Å². The Morgan fingerprint density at radius 3 is 2.40 bits per heavy atom. The van der Waals surface area contributed by atoms with E-state index in [0.717, 1.165) is 10.5 Å². The number of benzene rings is 1. The number of nitrogens with zero attached hydrogens (tertiary/aromatic N) is 2. The summed E-state index contributed by atoms with van der Waals surface area (Å²) in [5.41, 5.74) is 3.73. The predicted molar refractivity (Wildman–Crippen MR) is 84.9 cm³/mol. The Kier molecular flexibility index (Phi) is 3.09. The van der Waals surface area contributed by atoms with E-state index in [2.05, 4.69) is 68.9 Å². The topological polar surface area (TPSA) is 16.8 Å². The molecular weight excluding hydrogens is 264 g/mol. The molecule has 0 fully saturated rings. The summed E-state index contributed by atoms with van der Waals surface area (Å²) in [5.74, 6) is 0. The first-order chi connectivity index (χ1) is 9.47. The first kappa shape index (κ1) is 13.3. The van der Waals surface area contributed by atoms with Crippen LogP contribution in [0.5, 0.6) is 0 Å². The number of hydrogen-bond acceptors (Lipinski definition) is 2. The summed E-state index contributed by atoms with van der Waals surface area (Å²) in [7, 11) is 2.11. The second-order valence-corrected chi connectivity index (χ2v) is 7.12. The summed E-state index contributed by atoms with van der Waals surface area (Å²) >= 11 is 1.79. The van der Waals surface area contributed by atoms with Crippen molar-refractivity contribution in [3.8, 4) is 10.6 Å².